The number of nitrogens with zero attached hydrogens (tertiary/aromatic N) is 5. The zero-order valence-electron chi connectivity index (χ0n) is 15.6. The third kappa shape index (κ3) is 4.63. The van der Waals surface area contributed by atoms with Crippen LogP contribution in [0.15, 0.2) is 52.7 Å². The third-order valence-corrected chi connectivity index (χ3v) is 4.43. The highest BCUT2D eigenvalue weighted by Crippen LogP contribution is 2.32. The van der Waals surface area contributed by atoms with Crippen molar-refractivity contribution in [1.29, 1.82) is 0 Å². The summed E-state index contributed by atoms with van der Waals surface area (Å²) in [6.07, 6.45) is 3.06. The fourth-order valence-corrected chi connectivity index (χ4v) is 2.86. The lowest BCUT2D eigenvalue weighted by Crippen LogP contribution is -2.05. The Morgan fingerprint density at radius 1 is 1.31 bits per heavy atom. The fourth-order valence-electron chi connectivity index (χ4n) is 2.41. The van der Waals surface area contributed by atoms with Crippen LogP contribution in [0.5, 0.6) is 17.2 Å². The number of hydrogen-bond acceptors (Lipinski definition) is 9. The maximum absolute atomic E-state index is 11.4. The van der Waals surface area contributed by atoms with Gasteiger partial charge in [-0.1, -0.05) is 30.0 Å². The Labute approximate surface area is 169 Å². The Hall–Kier alpha value is -3.60. The summed E-state index contributed by atoms with van der Waals surface area (Å²) in [4.78, 5) is 10.8. The molecule has 0 radical (unpaired) electrons. The van der Waals surface area contributed by atoms with E-state index < -0.39 is 4.92 Å². The van der Waals surface area contributed by atoms with Crippen molar-refractivity contribution in [3.63, 3.8) is 0 Å². The molecule has 0 bridgehead atoms. The molecule has 11 heteroatoms. The summed E-state index contributed by atoms with van der Waals surface area (Å²) < 4.78 is 12.0. The normalized spacial score (nSPS) is 11.0. The lowest BCUT2D eigenvalue weighted by Gasteiger charge is -2.07. The highest BCUT2D eigenvalue weighted by Gasteiger charge is 2.18. The van der Waals surface area contributed by atoms with Crippen LogP contribution < -0.4 is 9.47 Å². The van der Waals surface area contributed by atoms with Gasteiger partial charge in [0.15, 0.2) is 17.3 Å². The number of aromatic hydroxyl groups is 1. The predicted octanol–water partition coefficient (Wildman–Crippen LogP) is 3.08. The highest BCUT2D eigenvalue weighted by atomic mass is 32.2. The Morgan fingerprint density at radius 3 is 2.72 bits per heavy atom. The molecule has 0 atom stereocenters. The summed E-state index contributed by atoms with van der Waals surface area (Å²) in [6.45, 7) is 0.102. The molecule has 0 unspecified atom stereocenters. The van der Waals surface area contributed by atoms with E-state index in [1.54, 1.807) is 6.26 Å². The lowest BCUT2D eigenvalue weighted by atomic mass is 10.1. The maximum Gasteiger partial charge on any atom is 0.282 e. The van der Waals surface area contributed by atoms with Crippen LogP contribution in [0.25, 0.3) is 0 Å². The molecule has 0 fully saturated rings. The molecule has 29 heavy (non-hydrogen) atoms. The Balaban J connectivity index is 1.91. The van der Waals surface area contributed by atoms with E-state index in [2.05, 4.69) is 15.3 Å². The number of nitro groups is 1. The Morgan fingerprint density at radius 2 is 2.07 bits per heavy atom. The van der Waals surface area contributed by atoms with Crippen LogP contribution in [0, 0.1) is 10.1 Å². The molecule has 0 saturated heterocycles. The van der Waals surface area contributed by atoms with Crippen molar-refractivity contribution in [3.8, 4) is 17.2 Å². The molecule has 3 aromatic rings. The smallest absolute Gasteiger partial charge is 0.282 e. The average Bonchev–Trinajstić information content (AvgIpc) is 3.13. The summed E-state index contributed by atoms with van der Waals surface area (Å²) in [5.74, 6) is 0.836. The molecule has 1 heterocycles. The zero-order chi connectivity index (χ0) is 20.8. The van der Waals surface area contributed by atoms with Gasteiger partial charge in [0.2, 0.25) is 5.16 Å². The van der Waals surface area contributed by atoms with E-state index in [9.17, 15) is 15.2 Å². The van der Waals surface area contributed by atoms with Crippen LogP contribution in [0.2, 0.25) is 0 Å². The van der Waals surface area contributed by atoms with E-state index >= 15 is 0 Å². The zero-order valence-corrected chi connectivity index (χ0v) is 16.4. The van der Waals surface area contributed by atoms with Crippen LogP contribution in [0.3, 0.4) is 0 Å². The number of para-hydroxylation sites is 1. The SMILES string of the molecule is COc1cc([N+](=O)[O-])c(/C=N\n2c(COc3ccccc3)nnc2SC)cc1O. The number of phenols is 1. The lowest BCUT2D eigenvalue weighted by molar-refractivity contribution is -0.385. The summed E-state index contributed by atoms with van der Waals surface area (Å²) in [6, 6.07) is 11.5. The summed E-state index contributed by atoms with van der Waals surface area (Å²) in [5.41, 5.74) is -0.159. The number of ether oxygens (including phenoxy) is 2. The first-order chi connectivity index (χ1) is 14.0. The minimum absolute atomic E-state index is 0.0000922. The molecule has 0 aliphatic heterocycles. The minimum Gasteiger partial charge on any atom is -0.504 e. The van der Waals surface area contributed by atoms with E-state index in [-0.39, 0.29) is 29.4 Å². The van der Waals surface area contributed by atoms with Gasteiger partial charge in [-0.15, -0.1) is 10.2 Å². The maximum atomic E-state index is 11.4. The molecule has 0 aliphatic carbocycles. The van der Waals surface area contributed by atoms with E-state index in [1.165, 1.54) is 35.8 Å². The second kappa shape index (κ2) is 9.06. The largest absolute Gasteiger partial charge is 0.504 e. The molecular weight excluding hydrogens is 398 g/mol. The summed E-state index contributed by atoms with van der Waals surface area (Å²) >= 11 is 1.31. The molecule has 0 spiro atoms. The number of aromatic nitrogens is 3. The van der Waals surface area contributed by atoms with Crippen molar-refractivity contribution in [1.82, 2.24) is 14.9 Å². The summed E-state index contributed by atoms with van der Waals surface area (Å²) in [5, 5.41) is 34.2. The molecule has 0 aliphatic rings. The predicted molar refractivity (Wildman–Crippen MR) is 107 cm³/mol. The van der Waals surface area contributed by atoms with Crippen molar-refractivity contribution in [3.05, 3.63) is 64.0 Å². The van der Waals surface area contributed by atoms with Gasteiger partial charge in [-0.25, -0.2) is 0 Å². The van der Waals surface area contributed by atoms with Gasteiger partial charge in [0.05, 0.1) is 29.9 Å². The van der Waals surface area contributed by atoms with Crippen molar-refractivity contribution >= 4 is 23.7 Å². The van der Waals surface area contributed by atoms with Crippen LogP contribution in [0.1, 0.15) is 11.4 Å². The van der Waals surface area contributed by atoms with Crippen molar-refractivity contribution in [2.75, 3.05) is 13.4 Å². The van der Waals surface area contributed by atoms with Crippen LogP contribution in [-0.4, -0.2) is 44.5 Å². The quantitative estimate of drug-likeness (QED) is 0.257. The number of phenolic OH excluding ortho intramolecular Hbond substituents is 1. The van der Waals surface area contributed by atoms with Gasteiger partial charge in [0.25, 0.3) is 5.69 Å². The first-order valence-corrected chi connectivity index (χ1v) is 9.51. The molecule has 3 rings (SSSR count). The second-order valence-corrected chi connectivity index (χ2v) is 6.37. The van der Waals surface area contributed by atoms with E-state index in [0.717, 1.165) is 6.07 Å². The van der Waals surface area contributed by atoms with Crippen LogP contribution in [0.4, 0.5) is 5.69 Å². The molecular formula is C18H17N5O5S. The molecule has 0 amide bonds. The van der Waals surface area contributed by atoms with Crippen molar-refractivity contribution < 1.29 is 19.5 Å². The van der Waals surface area contributed by atoms with Crippen molar-refractivity contribution in [2.24, 2.45) is 5.10 Å². The van der Waals surface area contributed by atoms with Gasteiger partial charge < -0.3 is 14.6 Å². The highest BCUT2D eigenvalue weighted by molar-refractivity contribution is 7.98. The van der Waals surface area contributed by atoms with Crippen molar-refractivity contribution in [2.45, 2.75) is 11.8 Å². The Bertz CT molecular complexity index is 1040. The number of rotatable bonds is 8. The second-order valence-electron chi connectivity index (χ2n) is 5.60. The standard InChI is InChI=1S/C18H17N5O5S/c1-27-16-9-14(23(25)26)12(8-15(16)24)10-19-22-17(20-21-18(22)29-2)11-28-13-6-4-3-5-7-13/h3-10,24H,11H2,1-2H3/b19-10-. The van der Waals surface area contributed by atoms with E-state index in [4.69, 9.17) is 9.47 Å². The molecule has 150 valence electrons. The molecule has 1 N–H and O–H groups in total. The fraction of sp³-hybridized carbons (Fsp3) is 0.167. The third-order valence-electron chi connectivity index (χ3n) is 3.81. The van der Waals surface area contributed by atoms with Gasteiger partial charge in [-0.3, -0.25) is 10.1 Å². The molecule has 0 saturated carbocycles. The monoisotopic (exact) mass is 415 g/mol. The van der Waals surface area contributed by atoms with E-state index in [1.807, 2.05) is 30.3 Å². The number of benzene rings is 2. The van der Waals surface area contributed by atoms with E-state index in [0.29, 0.717) is 16.7 Å². The van der Waals surface area contributed by atoms with Gasteiger partial charge in [-0.2, -0.15) is 9.78 Å². The molecule has 1 aromatic heterocycles. The number of hydrogen-bond donors (Lipinski definition) is 1. The number of nitro benzene ring substituents is 1. The van der Waals surface area contributed by atoms with Gasteiger partial charge in [0.1, 0.15) is 12.4 Å². The average molecular weight is 415 g/mol. The van der Waals surface area contributed by atoms with Gasteiger partial charge in [-0.05, 0) is 24.5 Å². The number of methoxy groups -OCH3 is 1. The summed E-state index contributed by atoms with van der Waals surface area (Å²) in [7, 11) is 1.31. The first-order valence-electron chi connectivity index (χ1n) is 8.29. The van der Waals surface area contributed by atoms with Gasteiger partial charge >= 0.3 is 0 Å². The number of thioether (sulfide) groups is 1. The topological polar surface area (TPSA) is 125 Å². The molecule has 10 nitrogen and oxygen atoms in total. The first kappa shape index (κ1) is 20.1. The molecule has 2 aromatic carbocycles. The van der Waals surface area contributed by atoms with Crippen LogP contribution in [-0.2, 0) is 6.61 Å². The van der Waals surface area contributed by atoms with Gasteiger partial charge in [0, 0.05) is 0 Å². The Kier molecular flexibility index (Phi) is 6.29. The minimum atomic E-state index is -0.579. The van der Waals surface area contributed by atoms with Crippen LogP contribution >= 0.6 is 11.8 Å².